The van der Waals surface area contributed by atoms with Crippen molar-refractivity contribution in [2.45, 2.75) is 19.4 Å². The number of nitrogens with zero attached hydrogens (tertiary/aromatic N) is 1. The predicted octanol–water partition coefficient (Wildman–Crippen LogP) is 4.43. The Bertz CT molecular complexity index is 781. The molecular formula is C17H15FN2OS2. The number of hydrogen-bond acceptors (Lipinski definition) is 4. The minimum atomic E-state index is -0.282. The van der Waals surface area contributed by atoms with Gasteiger partial charge in [0, 0.05) is 5.38 Å². The van der Waals surface area contributed by atoms with Crippen molar-refractivity contribution in [1.82, 2.24) is 10.3 Å². The van der Waals surface area contributed by atoms with Gasteiger partial charge < -0.3 is 5.32 Å². The van der Waals surface area contributed by atoms with Gasteiger partial charge in [-0.05, 0) is 36.1 Å². The van der Waals surface area contributed by atoms with Crippen LogP contribution in [-0.2, 0) is 11.2 Å². The van der Waals surface area contributed by atoms with Crippen molar-refractivity contribution in [1.29, 1.82) is 0 Å². The number of benzene rings is 1. The number of rotatable bonds is 5. The van der Waals surface area contributed by atoms with Crippen LogP contribution in [0.2, 0.25) is 0 Å². The van der Waals surface area contributed by atoms with Crippen molar-refractivity contribution in [3.8, 4) is 9.88 Å². The summed E-state index contributed by atoms with van der Waals surface area (Å²) in [6.07, 6.45) is 0.243. The second kappa shape index (κ2) is 7.02. The van der Waals surface area contributed by atoms with Gasteiger partial charge in [-0.25, -0.2) is 9.37 Å². The Morgan fingerprint density at radius 3 is 2.74 bits per heavy atom. The Morgan fingerprint density at radius 1 is 1.26 bits per heavy atom. The molecule has 0 bridgehead atoms. The van der Waals surface area contributed by atoms with Crippen LogP contribution >= 0.6 is 22.7 Å². The van der Waals surface area contributed by atoms with Gasteiger partial charge in [0.1, 0.15) is 10.8 Å². The predicted molar refractivity (Wildman–Crippen MR) is 92.1 cm³/mol. The molecule has 0 saturated heterocycles. The van der Waals surface area contributed by atoms with Crippen LogP contribution in [0, 0.1) is 5.82 Å². The Hall–Kier alpha value is -2.05. The van der Waals surface area contributed by atoms with E-state index >= 15 is 0 Å². The molecule has 1 aromatic carbocycles. The first-order valence-corrected chi connectivity index (χ1v) is 8.91. The first-order valence-electron chi connectivity index (χ1n) is 7.15. The van der Waals surface area contributed by atoms with Gasteiger partial charge >= 0.3 is 0 Å². The minimum Gasteiger partial charge on any atom is -0.349 e. The summed E-state index contributed by atoms with van der Waals surface area (Å²) in [6, 6.07) is 9.98. The summed E-state index contributed by atoms with van der Waals surface area (Å²) < 4.78 is 12.9. The summed E-state index contributed by atoms with van der Waals surface area (Å²) in [5, 5.41) is 7.77. The molecule has 1 amide bonds. The first kappa shape index (κ1) is 15.8. The lowest BCUT2D eigenvalue weighted by Gasteiger charge is -2.13. The van der Waals surface area contributed by atoms with Gasteiger partial charge in [-0.15, -0.1) is 22.7 Å². The zero-order chi connectivity index (χ0) is 16.2. The second-order valence-electron chi connectivity index (χ2n) is 5.14. The third-order valence-electron chi connectivity index (χ3n) is 3.37. The van der Waals surface area contributed by atoms with Crippen LogP contribution < -0.4 is 5.32 Å². The van der Waals surface area contributed by atoms with Crippen LogP contribution in [-0.4, -0.2) is 10.9 Å². The maximum absolute atomic E-state index is 12.9. The minimum absolute atomic E-state index is 0.0927. The molecular weight excluding hydrogens is 331 g/mol. The van der Waals surface area contributed by atoms with Crippen molar-refractivity contribution < 1.29 is 9.18 Å². The fourth-order valence-corrected chi connectivity index (χ4v) is 3.83. The largest absolute Gasteiger partial charge is 0.349 e. The molecule has 3 rings (SSSR count). The molecule has 0 radical (unpaired) electrons. The Labute approximate surface area is 141 Å². The van der Waals surface area contributed by atoms with Crippen molar-refractivity contribution in [3.63, 3.8) is 0 Å². The van der Waals surface area contributed by atoms with Gasteiger partial charge in [0.05, 0.1) is 23.0 Å². The number of carbonyl (C=O) groups excluding carboxylic acids is 1. The van der Waals surface area contributed by atoms with Crippen LogP contribution in [0.5, 0.6) is 0 Å². The third-order valence-corrected chi connectivity index (χ3v) is 5.30. The summed E-state index contributed by atoms with van der Waals surface area (Å²) in [5.74, 6) is -0.374. The molecule has 23 heavy (non-hydrogen) atoms. The second-order valence-corrected chi connectivity index (χ2v) is 6.94. The summed E-state index contributed by atoms with van der Waals surface area (Å²) >= 11 is 3.18. The normalized spacial score (nSPS) is 12.1. The molecule has 0 saturated carbocycles. The van der Waals surface area contributed by atoms with Gasteiger partial charge in [-0.3, -0.25) is 4.79 Å². The van der Waals surface area contributed by atoms with Gasteiger partial charge in [0.2, 0.25) is 5.91 Å². The van der Waals surface area contributed by atoms with E-state index in [1.807, 2.05) is 29.8 Å². The number of nitrogens with one attached hydrogen (secondary N) is 1. The van der Waals surface area contributed by atoms with E-state index in [1.165, 1.54) is 12.1 Å². The lowest BCUT2D eigenvalue weighted by atomic mass is 10.1. The van der Waals surface area contributed by atoms with E-state index in [-0.39, 0.29) is 24.2 Å². The molecule has 118 valence electrons. The number of halogens is 1. The smallest absolute Gasteiger partial charge is 0.226 e. The SMILES string of the molecule is CC(NC(=O)Cc1csc(-c2cccs2)n1)c1ccc(F)cc1. The number of hydrogen-bond donors (Lipinski definition) is 1. The van der Waals surface area contributed by atoms with Gasteiger partial charge in [0.25, 0.3) is 0 Å². The number of aromatic nitrogens is 1. The summed E-state index contributed by atoms with van der Waals surface area (Å²) in [5.41, 5.74) is 1.64. The molecule has 0 aliphatic rings. The monoisotopic (exact) mass is 346 g/mol. The molecule has 2 heterocycles. The van der Waals surface area contributed by atoms with Gasteiger partial charge in [-0.1, -0.05) is 18.2 Å². The highest BCUT2D eigenvalue weighted by atomic mass is 32.1. The molecule has 1 unspecified atom stereocenters. The Morgan fingerprint density at radius 2 is 2.04 bits per heavy atom. The van der Waals surface area contributed by atoms with E-state index in [9.17, 15) is 9.18 Å². The summed E-state index contributed by atoms with van der Waals surface area (Å²) in [4.78, 5) is 17.8. The molecule has 0 spiro atoms. The van der Waals surface area contributed by atoms with Crippen LogP contribution in [0.25, 0.3) is 9.88 Å². The molecule has 6 heteroatoms. The fraction of sp³-hybridized carbons (Fsp3) is 0.176. The van der Waals surface area contributed by atoms with E-state index in [1.54, 1.807) is 34.8 Å². The maximum atomic E-state index is 12.9. The van der Waals surface area contributed by atoms with Crippen molar-refractivity contribution in [2.75, 3.05) is 0 Å². The number of thiophene rings is 1. The van der Waals surface area contributed by atoms with E-state index in [0.717, 1.165) is 21.1 Å². The molecule has 0 aliphatic carbocycles. The fourth-order valence-electron chi connectivity index (χ4n) is 2.19. The molecule has 3 aromatic rings. The Kier molecular flexibility index (Phi) is 4.83. The molecule has 0 aliphatic heterocycles. The van der Waals surface area contributed by atoms with Crippen LogP contribution in [0.1, 0.15) is 24.2 Å². The number of carbonyl (C=O) groups is 1. The summed E-state index contributed by atoms with van der Waals surface area (Å²) in [7, 11) is 0. The van der Waals surface area contributed by atoms with E-state index in [2.05, 4.69) is 10.3 Å². The van der Waals surface area contributed by atoms with Crippen molar-refractivity contribution in [3.05, 3.63) is 64.2 Å². The average molecular weight is 346 g/mol. The highest BCUT2D eigenvalue weighted by molar-refractivity contribution is 7.20. The molecule has 3 nitrogen and oxygen atoms in total. The Balaban J connectivity index is 1.60. The number of amides is 1. The van der Waals surface area contributed by atoms with Crippen LogP contribution in [0.15, 0.2) is 47.2 Å². The summed E-state index contributed by atoms with van der Waals surface area (Å²) in [6.45, 7) is 1.88. The van der Waals surface area contributed by atoms with Crippen molar-refractivity contribution >= 4 is 28.6 Å². The standard InChI is InChI=1S/C17H15FN2OS2/c1-11(12-4-6-13(18)7-5-12)19-16(21)9-14-10-23-17(20-14)15-3-2-8-22-15/h2-8,10-11H,9H2,1H3,(H,19,21). The topological polar surface area (TPSA) is 42.0 Å². The highest BCUT2D eigenvalue weighted by Crippen LogP contribution is 2.27. The molecule has 0 fully saturated rings. The first-order chi connectivity index (χ1) is 11.1. The highest BCUT2D eigenvalue weighted by Gasteiger charge is 2.13. The van der Waals surface area contributed by atoms with Crippen LogP contribution in [0.3, 0.4) is 0 Å². The lowest BCUT2D eigenvalue weighted by molar-refractivity contribution is -0.121. The van der Waals surface area contributed by atoms with E-state index in [0.29, 0.717) is 0 Å². The zero-order valence-electron chi connectivity index (χ0n) is 12.5. The van der Waals surface area contributed by atoms with Gasteiger partial charge in [0.15, 0.2) is 0 Å². The van der Waals surface area contributed by atoms with Gasteiger partial charge in [-0.2, -0.15) is 0 Å². The lowest BCUT2D eigenvalue weighted by Crippen LogP contribution is -2.28. The quantitative estimate of drug-likeness (QED) is 0.742. The molecule has 2 aromatic heterocycles. The average Bonchev–Trinajstić information content (AvgIpc) is 3.18. The zero-order valence-corrected chi connectivity index (χ0v) is 14.1. The third kappa shape index (κ3) is 4.03. The molecule has 1 atom stereocenters. The van der Waals surface area contributed by atoms with E-state index in [4.69, 9.17) is 0 Å². The van der Waals surface area contributed by atoms with Crippen LogP contribution in [0.4, 0.5) is 4.39 Å². The maximum Gasteiger partial charge on any atom is 0.226 e. The number of thiazole rings is 1. The van der Waals surface area contributed by atoms with Crippen molar-refractivity contribution in [2.24, 2.45) is 0 Å². The molecule has 1 N–H and O–H groups in total. The van der Waals surface area contributed by atoms with E-state index < -0.39 is 0 Å².